The van der Waals surface area contributed by atoms with E-state index in [9.17, 15) is 5.11 Å². The molecule has 0 saturated carbocycles. The summed E-state index contributed by atoms with van der Waals surface area (Å²) in [5, 5.41) is 9.33. The van der Waals surface area contributed by atoms with E-state index < -0.39 is 11.6 Å². The zero-order valence-corrected chi connectivity index (χ0v) is 7.23. The summed E-state index contributed by atoms with van der Waals surface area (Å²) in [7, 11) is 0. The Morgan fingerprint density at radius 2 is 2.00 bits per heavy atom. The third-order valence-electron chi connectivity index (χ3n) is 1.92. The maximum absolute atomic E-state index is 9.33. The van der Waals surface area contributed by atoms with Crippen molar-refractivity contribution in [3.8, 4) is 0 Å². The second kappa shape index (κ2) is 3.16. The maximum atomic E-state index is 9.33. The monoisotopic (exact) mass is 167 g/mol. The lowest BCUT2D eigenvalue weighted by atomic mass is 9.96. The van der Waals surface area contributed by atoms with Crippen molar-refractivity contribution in [1.82, 2.24) is 9.97 Å². The molecule has 1 aromatic rings. The smallest absolute Gasteiger partial charge is 0.150 e. The Morgan fingerprint density at radius 1 is 1.50 bits per heavy atom. The van der Waals surface area contributed by atoms with Gasteiger partial charge in [-0.2, -0.15) is 0 Å². The summed E-state index contributed by atoms with van der Waals surface area (Å²) < 4.78 is 0. The predicted molar refractivity (Wildman–Crippen MR) is 45.3 cm³/mol. The minimum atomic E-state index is -0.874. The number of nitrogens with zero attached hydrogens (tertiary/aromatic N) is 2. The maximum Gasteiger partial charge on any atom is 0.150 e. The number of aliphatic hydroxyl groups excluding tert-OH is 1. The molecule has 0 aliphatic rings. The lowest BCUT2D eigenvalue weighted by Gasteiger charge is -2.25. The van der Waals surface area contributed by atoms with Gasteiger partial charge in [-0.25, -0.2) is 9.97 Å². The van der Waals surface area contributed by atoms with Crippen LogP contribution in [0.4, 0.5) is 0 Å². The van der Waals surface area contributed by atoms with Gasteiger partial charge >= 0.3 is 0 Å². The highest BCUT2D eigenvalue weighted by Gasteiger charge is 2.29. The van der Waals surface area contributed by atoms with Crippen LogP contribution in [-0.4, -0.2) is 21.2 Å². The number of hydrogen-bond donors (Lipinski definition) is 2. The van der Waals surface area contributed by atoms with E-state index in [0.29, 0.717) is 5.82 Å². The van der Waals surface area contributed by atoms with E-state index in [4.69, 9.17) is 5.73 Å². The molecule has 3 N–H and O–H groups in total. The first-order valence-corrected chi connectivity index (χ1v) is 3.79. The number of nitrogens with two attached hydrogens (primary N) is 1. The molecule has 0 spiro atoms. The molecule has 0 bridgehead atoms. The molecule has 0 fully saturated rings. The van der Waals surface area contributed by atoms with E-state index in [1.165, 1.54) is 0 Å². The first-order valence-electron chi connectivity index (χ1n) is 3.79. The Labute approximate surface area is 71.5 Å². The molecule has 1 heterocycles. The van der Waals surface area contributed by atoms with Gasteiger partial charge in [0, 0.05) is 12.4 Å². The Morgan fingerprint density at radius 3 is 2.42 bits per heavy atom. The molecule has 12 heavy (non-hydrogen) atoms. The number of hydrogen-bond acceptors (Lipinski definition) is 4. The first-order chi connectivity index (χ1) is 5.55. The molecule has 0 radical (unpaired) electrons. The molecule has 1 rings (SSSR count). The summed E-state index contributed by atoms with van der Waals surface area (Å²) in [6, 6.07) is 1.71. The van der Waals surface area contributed by atoms with Gasteiger partial charge in [0.2, 0.25) is 0 Å². The van der Waals surface area contributed by atoms with Gasteiger partial charge in [-0.1, -0.05) is 0 Å². The molecule has 0 saturated heterocycles. The second-order valence-electron chi connectivity index (χ2n) is 3.03. The van der Waals surface area contributed by atoms with Crippen LogP contribution in [0.15, 0.2) is 18.5 Å². The van der Waals surface area contributed by atoms with Crippen LogP contribution in [0.5, 0.6) is 0 Å². The van der Waals surface area contributed by atoms with Crippen molar-refractivity contribution in [1.29, 1.82) is 0 Å². The van der Waals surface area contributed by atoms with Crippen molar-refractivity contribution in [2.24, 2.45) is 5.73 Å². The van der Waals surface area contributed by atoms with E-state index in [2.05, 4.69) is 9.97 Å². The number of rotatable bonds is 2. The van der Waals surface area contributed by atoms with Crippen molar-refractivity contribution in [3.63, 3.8) is 0 Å². The summed E-state index contributed by atoms with van der Waals surface area (Å²) >= 11 is 0. The quantitative estimate of drug-likeness (QED) is 0.652. The highest BCUT2D eigenvalue weighted by molar-refractivity contribution is 5.05. The van der Waals surface area contributed by atoms with Crippen molar-refractivity contribution in [2.75, 3.05) is 0 Å². The van der Waals surface area contributed by atoms with Crippen molar-refractivity contribution < 1.29 is 5.11 Å². The fourth-order valence-electron chi connectivity index (χ4n) is 0.764. The normalized spacial score (nSPS) is 18.3. The summed E-state index contributed by atoms with van der Waals surface area (Å²) in [4.78, 5) is 7.95. The van der Waals surface area contributed by atoms with Crippen LogP contribution >= 0.6 is 0 Å². The van der Waals surface area contributed by atoms with E-state index in [0.717, 1.165) is 0 Å². The van der Waals surface area contributed by atoms with E-state index >= 15 is 0 Å². The highest BCUT2D eigenvalue weighted by atomic mass is 16.3. The lowest BCUT2D eigenvalue weighted by Crippen LogP contribution is -2.44. The lowest BCUT2D eigenvalue weighted by molar-refractivity contribution is 0.105. The molecule has 0 aromatic carbocycles. The fourth-order valence-corrected chi connectivity index (χ4v) is 0.764. The molecular formula is C8H13N3O. The van der Waals surface area contributed by atoms with Crippen LogP contribution in [0.25, 0.3) is 0 Å². The third-order valence-corrected chi connectivity index (χ3v) is 1.92. The molecule has 2 atom stereocenters. The van der Waals surface area contributed by atoms with Crippen LogP contribution in [0, 0.1) is 0 Å². The van der Waals surface area contributed by atoms with Gasteiger partial charge in [0.15, 0.2) is 0 Å². The molecule has 2 unspecified atom stereocenters. The van der Waals surface area contributed by atoms with Crippen LogP contribution in [0.1, 0.15) is 19.7 Å². The average Bonchev–Trinajstić information content (AvgIpc) is 2.06. The second-order valence-corrected chi connectivity index (χ2v) is 3.03. The fraction of sp³-hybridized carbons (Fsp3) is 0.500. The Balaban J connectivity index is 2.98. The van der Waals surface area contributed by atoms with Gasteiger partial charge in [0.05, 0.1) is 11.6 Å². The predicted octanol–water partition coefficient (Wildman–Crippen LogP) is 0.0313. The molecule has 0 aliphatic heterocycles. The summed E-state index contributed by atoms with van der Waals surface area (Å²) in [6.45, 7) is 3.32. The molecule has 66 valence electrons. The topological polar surface area (TPSA) is 72.0 Å². The molecule has 4 heteroatoms. The minimum absolute atomic E-state index is 0.458. The average molecular weight is 167 g/mol. The largest absolute Gasteiger partial charge is 0.391 e. The standard InChI is InChI=1S/C8H13N3O/c1-6(12)8(2,9)7-10-4-3-5-11-7/h3-6,12H,9H2,1-2H3. The first kappa shape index (κ1) is 9.09. The zero-order chi connectivity index (χ0) is 9.19. The number of aromatic nitrogens is 2. The molecule has 1 aromatic heterocycles. The van der Waals surface area contributed by atoms with E-state index in [1.807, 2.05) is 0 Å². The van der Waals surface area contributed by atoms with Gasteiger partial charge in [-0.05, 0) is 19.9 Å². The molecule has 4 nitrogen and oxygen atoms in total. The van der Waals surface area contributed by atoms with Gasteiger partial charge < -0.3 is 10.8 Å². The molecule has 0 amide bonds. The van der Waals surface area contributed by atoms with Crippen molar-refractivity contribution in [2.45, 2.75) is 25.5 Å². The van der Waals surface area contributed by atoms with Crippen LogP contribution in [0.3, 0.4) is 0 Å². The Hall–Kier alpha value is -1.00. The summed E-state index contributed by atoms with van der Waals surface area (Å²) in [5.74, 6) is 0.458. The summed E-state index contributed by atoms with van der Waals surface area (Å²) in [6.07, 6.45) is 2.55. The van der Waals surface area contributed by atoms with Gasteiger partial charge in [-0.3, -0.25) is 0 Å². The molecular weight excluding hydrogens is 154 g/mol. The zero-order valence-electron chi connectivity index (χ0n) is 7.23. The van der Waals surface area contributed by atoms with Gasteiger partial charge in [-0.15, -0.1) is 0 Å². The van der Waals surface area contributed by atoms with Gasteiger partial charge in [0.1, 0.15) is 5.82 Å². The van der Waals surface area contributed by atoms with Crippen molar-refractivity contribution in [3.05, 3.63) is 24.3 Å². The van der Waals surface area contributed by atoms with Crippen LogP contribution < -0.4 is 5.73 Å². The van der Waals surface area contributed by atoms with E-state index in [1.54, 1.807) is 32.3 Å². The Kier molecular flexibility index (Phi) is 2.40. The third kappa shape index (κ3) is 1.60. The highest BCUT2D eigenvalue weighted by Crippen LogP contribution is 2.16. The number of aliphatic hydroxyl groups is 1. The summed E-state index contributed by atoms with van der Waals surface area (Å²) in [5.41, 5.74) is 4.93. The van der Waals surface area contributed by atoms with Crippen LogP contribution in [-0.2, 0) is 5.54 Å². The molecule has 0 aliphatic carbocycles. The van der Waals surface area contributed by atoms with Gasteiger partial charge in [0.25, 0.3) is 0 Å². The van der Waals surface area contributed by atoms with E-state index in [-0.39, 0.29) is 0 Å². The SMILES string of the molecule is CC(O)C(C)(N)c1ncccn1. The minimum Gasteiger partial charge on any atom is -0.391 e. The Bertz CT molecular complexity index is 246. The van der Waals surface area contributed by atoms with Crippen molar-refractivity contribution >= 4 is 0 Å². The van der Waals surface area contributed by atoms with Crippen LogP contribution in [0.2, 0.25) is 0 Å².